The van der Waals surface area contributed by atoms with Crippen molar-refractivity contribution in [2.75, 3.05) is 0 Å². The highest BCUT2D eigenvalue weighted by Crippen LogP contribution is 2.30. The Balaban J connectivity index is 1.67. The van der Waals surface area contributed by atoms with Crippen molar-refractivity contribution in [3.8, 4) is 11.5 Å². The second-order valence-corrected chi connectivity index (χ2v) is 7.55. The van der Waals surface area contributed by atoms with Gasteiger partial charge in [0.05, 0.1) is 4.92 Å². The van der Waals surface area contributed by atoms with Gasteiger partial charge in [0.25, 0.3) is 5.69 Å². The Bertz CT molecular complexity index is 1040. The molecule has 0 atom stereocenters. The molecule has 3 rings (SSSR count). The summed E-state index contributed by atoms with van der Waals surface area (Å²) in [4.78, 5) is 14.4. The second-order valence-electron chi connectivity index (χ2n) is 5.78. The number of hydrogen-bond acceptors (Lipinski definition) is 5. The maximum absolute atomic E-state index is 10.8. The molecular formula is C20H14Br2N2O4. The Labute approximate surface area is 177 Å². The van der Waals surface area contributed by atoms with E-state index in [2.05, 4.69) is 36.9 Å². The Morgan fingerprint density at radius 1 is 1.07 bits per heavy atom. The third kappa shape index (κ3) is 5.17. The minimum Gasteiger partial charge on any atom is -0.506 e. The van der Waals surface area contributed by atoms with E-state index in [1.165, 1.54) is 24.4 Å². The number of halogens is 2. The van der Waals surface area contributed by atoms with Gasteiger partial charge in [-0.2, -0.15) is 0 Å². The van der Waals surface area contributed by atoms with E-state index in [1.807, 2.05) is 30.3 Å². The fourth-order valence-electron chi connectivity index (χ4n) is 2.32. The van der Waals surface area contributed by atoms with E-state index >= 15 is 0 Å². The minimum atomic E-state index is -0.533. The van der Waals surface area contributed by atoms with Crippen LogP contribution in [0.2, 0.25) is 0 Å². The minimum absolute atomic E-state index is 0.123. The molecule has 1 N–H and O–H groups in total. The van der Waals surface area contributed by atoms with E-state index in [-0.39, 0.29) is 17.1 Å². The third-order valence-electron chi connectivity index (χ3n) is 3.81. The van der Waals surface area contributed by atoms with E-state index < -0.39 is 4.92 Å². The van der Waals surface area contributed by atoms with Crippen LogP contribution in [0.15, 0.2) is 74.6 Å². The Hall–Kier alpha value is -2.71. The van der Waals surface area contributed by atoms with Crippen LogP contribution >= 0.6 is 31.9 Å². The van der Waals surface area contributed by atoms with Crippen LogP contribution in [-0.2, 0) is 6.61 Å². The zero-order chi connectivity index (χ0) is 20.1. The molecule has 0 heterocycles. The average molecular weight is 506 g/mol. The van der Waals surface area contributed by atoms with Gasteiger partial charge in [-0.05, 0) is 48.0 Å². The van der Waals surface area contributed by atoms with Crippen LogP contribution in [0.1, 0.15) is 11.1 Å². The van der Waals surface area contributed by atoms with Crippen LogP contribution in [0.3, 0.4) is 0 Å². The van der Waals surface area contributed by atoms with Crippen molar-refractivity contribution < 1.29 is 14.8 Å². The summed E-state index contributed by atoms with van der Waals surface area (Å²) in [6.45, 7) is 0.419. The first kappa shape index (κ1) is 20.0. The van der Waals surface area contributed by atoms with E-state index in [4.69, 9.17) is 4.74 Å². The topological polar surface area (TPSA) is 85.0 Å². The normalized spacial score (nSPS) is 10.9. The summed E-state index contributed by atoms with van der Waals surface area (Å²) in [6, 6.07) is 16.8. The van der Waals surface area contributed by atoms with E-state index in [0.29, 0.717) is 12.4 Å². The largest absolute Gasteiger partial charge is 0.506 e. The molecule has 0 amide bonds. The first-order chi connectivity index (χ1) is 13.4. The van der Waals surface area contributed by atoms with Gasteiger partial charge in [0.1, 0.15) is 23.8 Å². The van der Waals surface area contributed by atoms with Crippen LogP contribution in [-0.4, -0.2) is 16.2 Å². The molecule has 0 radical (unpaired) electrons. The summed E-state index contributed by atoms with van der Waals surface area (Å²) in [5.41, 5.74) is 1.79. The van der Waals surface area contributed by atoms with Crippen molar-refractivity contribution in [3.63, 3.8) is 0 Å². The number of phenolic OH excluding ortho intramolecular Hbond substituents is 1. The van der Waals surface area contributed by atoms with Crippen LogP contribution in [0.5, 0.6) is 11.5 Å². The van der Waals surface area contributed by atoms with E-state index in [1.54, 1.807) is 12.1 Å². The molecule has 3 aromatic carbocycles. The lowest BCUT2D eigenvalue weighted by Crippen LogP contribution is -1.96. The van der Waals surface area contributed by atoms with Gasteiger partial charge in [-0.3, -0.25) is 15.1 Å². The highest BCUT2D eigenvalue weighted by atomic mass is 79.9. The summed E-state index contributed by atoms with van der Waals surface area (Å²) < 4.78 is 7.74. The summed E-state index contributed by atoms with van der Waals surface area (Å²) in [7, 11) is 0. The van der Waals surface area contributed by atoms with Crippen LogP contribution in [0.25, 0.3) is 0 Å². The number of non-ortho nitro benzene ring substituents is 1. The first-order valence-electron chi connectivity index (χ1n) is 8.10. The molecule has 0 bridgehead atoms. The van der Waals surface area contributed by atoms with Gasteiger partial charge in [-0.25, -0.2) is 0 Å². The Morgan fingerprint density at radius 2 is 1.82 bits per heavy atom. The number of rotatable bonds is 6. The number of aromatic hydroxyl groups is 1. The molecule has 3 aromatic rings. The molecular weight excluding hydrogens is 492 g/mol. The molecule has 0 aliphatic heterocycles. The zero-order valence-corrected chi connectivity index (χ0v) is 17.6. The quantitative estimate of drug-likeness (QED) is 0.247. The fourth-order valence-corrected chi connectivity index (χ4v) is 3.48. The van der Waals surface area contributed by atoms with Crippen LogP contribution in [0.4, 0.5) is 11.4 Å². The molecule has 0 saturated carbocycles. The average Bonchev–Trinajstić information content (AvgIpc) is 2.67. The lowest BCUT2D eigenvalue weighted by atomic mass is 10.2. The number of nitrogens with zero attached hydrogens (tertiary/aromatic N) is 2. The fraction of sp³-hybridized carbons (Fsp3) is 0.0500. The molecule has 28 heavy (non-hydrogen) atoms. The van der Waals surface area contributed by atoms with Crippen molar-refractivity contribution >= 4 is 49.4 Å². The van der Waals surface area contributed by atoms with Gasteiger partial charge in [-0.15, -0.1) is 0 Å². The van der Waals surface area contributed by atoms with Crippen LogP contribution in [0, 0.1) is 10.1 Å². The Morgan fingerprint density at radius 3 is 2.50 bits per heavy atom. The first-order valence-corrected chi connectivity index (χ1v) is 9.69. The van der Waals surface area contributed by atoms with Crippen molar-refractivity contribution in [2.45, 2.75) is 6.61 Å². The highest BCUT2D eigenvalue weighted by molar-refractivity contribution is 9.11. The lowest BCUT2D eigenvalue weighted by Gasteiger charge is -2.08. The predicted octanol–water partition coefficient (Wildman–Crippen LogP) is 6.16. The summed E-state index contributed by atoms with van der Waals surface area (Å²) in [5.74, 6) is 0.576. The van der Waals surface area contributed by atoms with Crippen LogP contribution < -0.4 is 4.74 Å². The monoisotopic (exact) mass is 504 g/mol. The zero-order valence-electron chi connectivity index (χ0n) is 14.4. The molecule has 0 aliphatic carbocycles. The standard InChI is InChI=1S/C20H14Br2N2O4/c21-15-4-3-14(18(22)9-15)12-28-17-6-1-13(2-7-17)11-23-19-10-16(24(26)27)5-8-20(19)25/h1-11,25H,12H2. The molecule has 0 fully saturated rings. The molecule has 142 valence electrons. The van der Waals surface area contributed by atoms with Gasteiger partial charge in [-0.1, -0.05) is 37.9 Å². The van der Waals surface area contributed by atoms with Gasteiger partial charge < -0.3 is 9.84 Å². The van der Waals surface area contributed by atoms with Gasteiger partial charge >= 0.3 is 0 Å². The number of nitro groups is 1. The molecule has 6 nitrogen and oxygen atoms in total. The van der Waals surface area contributed by atoms with Gasteiger partial charge in [0, 0.05) is 32.9 Å². The molecule has 0 unspecified atom stereocenters. The number of phenols is 1. The maximum atomic E-state index is 10.8. The summed E-state index contributed by atoms with van der Waals surface area (Å²) in [5, 5.41) is 20.6. The SMILES string of the molecule is O=[N+]([O-])c1ccc(O)c(N=Cc2ccc(OCc3ccc(Br)cc3Br)cc2)c1. The molecule has 0 saturated heterocycles. The van der Waals surface area contributed by atoms with E-state index in [9.17, 15) is 15.2 Å². The molecule has 8 heteroatoms. The maximum Gasteiger partial charge on any atom is 0.271 e. The molecule has 0 spiro atoms. The number of hydrogen-bond donors (Lipinski definition) is 1. The highest BCUT2D eigenvalue weighted by Gasteiger charge is 2.09. The lowest BCUT2D eigenvalue weighted by molar-refractivity contribution is -0.384. The summed E-state index contributed by atoms with van der Waals surface area (Å²) in [6.07, 6.45) is 1.52. The van der Waals surface area contributed by atoms with Crippen molar-refractivity contribution in [2.24, 2.45) is 4.99 Å². The number of benzene rings is 3. The number of aliphatic imine (C=N–C) groups is 1. The predicted molar refractivity (Wildman–Crippen MR) is 115 cm³/mol. The van der Waals surface area contributed by atoms with Gasteiger partial charge in [0.15, 0.2) is 0 Å². The van der Waals surface area contributed by atoms with Crippen molar-refractivity contribution in [1.82, 2.24) is 0 Å². The number of ether oxygens (including phenoxy) is 1. The smallest absolute Gasteiger partial charge is 0.271 e. The van der Waals surface area contributed by atoms with E-state index in [0.717, 1.165) is 20.1 Å². The molecule has 0 aromatic heterocycles. The number of nitro benzene ring substituents is 1. The summed E-state index contributed by atoms with van der Waals surface area (Å²) >= 11 is 6.92. The van der Waals surface area contributed by atoms with Crippen molar-refractivity contribution in [3.05, 3.63) is 90.9 Å². The van der Waals surface area contributed by atoms with Gasteiger partial charge in [0.2, 0.25) is 0 Å². The molecule has 0 aliphatic rings. The van der Waals surface area contributed by atoms with Crippen molar-refractivity contribution in [1.29, 1.82) is 0 Å². The third-order valence-corrected chi connectivity index (χ3v) is 5.04. The second kappa shape index (κ2) is 8.99. The Kier molecular flexibility index (Phi) is 6.43.